The average molecular weight is 473 g/mol. The van der Waals surface area contributed by atoms with Crippen molar-refractivity contribution < 1.29 is 17.6 Å². The lowest BCUT2D eigenvalue weighted by Gasteiger charge is -2.33. The van der Waals surface area contributed by atoms with E-state index < -0.39 is 17.4 Å². The molecule has 0 radical (unpaired) electrons. The Hall–Kier alpha value is -3.67. The maximum atomic E-state index is 13.9. The van der Waals surface area contributed by atoms with E-state index in [4.69, 9.17) is 10.2 Å². The molecule has 4 heterocycles. The van der Waals surface area contributed by atoms with E-state index in [1.807, 2.05) is 4.90 Å². The number of anilines is 1. The van der Waals surface area contributed by atoms with E-state index in [2.05, 4.69) is 20.3 Å². The van der Waals surface area contributed by atoms with Gasteiger partial charge in [0.25, 0.3) is 11.4 Å². The molecule has 1 aliphatic heterocycles. The predicted molar refractivity (Wildman–Crippen MR) is 118 cm³/mol. The second kappa shape index (κ2) is 8.28. The number of hydrogen-bond donors (Lipinski definition) is 2. The minimum atomic E-state index is -4.77. The minimum absolute atomic E-state index is 0.0385. The minimum Gasteiger partial charge on any atom is -0.403 e. The molecule has 1 unspecified atom stereocenters. The normalized spacial score (nSPS) is 17.0. The number of alkyl halides is 3. The van der Waals surface area contributed by atoms with Crippen LogP contribution in [0.1, 0.15) is 30.7 Å². The Morgan fingerprint density at radius 3 is 2.65 bits per heavy atom. The number of H-pyrrole nitrogens is 1. The number of nitrogens with two attached hydrogens (primary N) is 1. The molecule has 3 aromatic heterocycles. The first-order valence-corrected chi connectivity index (χ1v) is 10.9. The number of benzene rings is 1. The van der Waals surface area contributed by atoms with Crippen molar-refractivity contribution in [2.75, 3.05) is 18.0 Å². The van der Waals surface area contributed by atoms with Gasteiger partial charge in [0, 0.05) is 24.8 Å². The second-order valence-corrected chi connectivity index (χ2v) is 8.25. The molecule has 0 amide bonds. The third-order valence-electron chi connectivity index (χ3n) is 6.08. The number of aromatic nitrogens is 5. The van der Waals surface area contributed by atoms with E-state index in [0.717, 1.165) is 19.3 Å². The molecule has 0 aliphatic carbocycles. The van der Waals surface area contributed by atoms with Crippen molar-refractivity contribution >= 4 is 11.7 Å². The average Bonchev–Trinajstić information content (AvgIpc) is 3.45. The summed E-state index contributed by atoms with van der Waals surface area (Å²) in [4.78, 5) is 18.1. The van der Waals surface area contributed by atoms with Crippen LogP contribution in [-0.4, -0.2) is 43.9 Å². The lowest BCUT2D eigenvalue weighted by molar-refractivity contribution is -0.140. The van der Waals surface area contributed by atoms with Gasteiger partial charge in [-0.05, 0) is 31.7 Å². The third-order valence-corrected chi connectivity index (χ3v) is 6.08. The van der Waals surface area contributed by atoms with E-state index in [0.29, 0.717) is 17.6 Å². The molecule has 0 bridgehead atoms. The smallest absolute Gasteiger partial charge is 0.403 e. The van der Waals surface area contributed by atoms with Crippen LogP contribution in [0.25, 0.3) is 28.2 Å². The Bertz CT molecular complexity index is 1390. The number of fused-ring (bicyclic) bond motifs is 1. The van der Waals surface area contributed by atoms with Crippen LogP contribution in [0.15, 0.2) is 39.5 Å². The summed E-state index contributed by atoms with van der Waals surface area (Å²) in [5, 5.41) is 11.7. The highest BCUT2D eigenvalue weighted by Gasteiger charge is 2.39. The highest BCUT2D eigenvalue weighted by molar-refractivity contribution is 5.81. The first-order chi connectivity index (χ1) is 16.3. The van der Waals surface area contributed by atoms with Crippen LogP contribution in [0.2, 0.25) is 0 Å². The maximum Gasteiger partial charge on any atom is 0.435 e. The Morgan fingerprint density at radius 2 is 1.94 bits per heavy atom. The number of nitrogens with zero attached hydrogens (tertiary/aromatic N) is 5. The van der Waals surface area contributed by atoms with Gasteiger partial charge in [0.2, 0.25) is 0 Å². The molecule has 0 saturated carbocycles. The quantitative estimate of drug-likeness (QED) is 0.466. The number of piperidine rings is 1. The third kappa shape index (κ3) is 3.63. The van der Waals surface area contributed by atoms with Crippen LogP contribution in [0.5, 0.6) is 0 Å². The Morgan fingerprint density at radius 1 is 1.18 bits per heavy atom. The molecule has 9 nitrogen and oxygen atoms in total. The second-order valence-electron chi connectivity index (χ2n) is 8.25. The summed E-state index contributed by atoms with van der Waals surface area (Å²) in [6, 6.07) is 8.26. The van der Waals surface area contributed by atoms with Gasteiger partial charge in [-0.15, -0.1) is 5.10 Å². The van der Waals surface area contributed by atoms with Gasteiger partial charge in [-0.2, -0.15) is 22.8 Å². The summed E-state index contributed by atoms with van der Waals surface area (Å²) in [5.41, 5.74) is 4.18. The molecule has 34 heavy (non-hydrogen) atoms. The molecule has 1 saturated heterocycles. The summed E-state index contributed by atoms with van der Waals surface area (Å²) >= 11 is 0. The summed E-state index contributed by atoms with van der Waals surface area (Å²) in [5.74, 6) is -0.0951. The molecular formula is C22H22F3N7O2. The van der Waals surface area contributed by atoms with Crippen molar-refractivity contribution in [2.45, 2.75) is 38.4 Å². The fourth-order valence-corrected chi connectivity index (χ4v) is 4.45. The summed E-state index contributed by atoms with van der Waals surface area (Å²) in [6.07, 6.45) is -1.90. The Balaban J connectivity index is 1.67. The molecule has 1 atom stereocenters. The molecule has 4 aromatic rings. The lowest BCUT2D eigenvalue weighted by atomic mass is 10.0. The van der Waals surface area contributed by atoms with E-state index in [1.165, 1.54) is 12.1 Å². The number of nitrogens with one attached hydrogen (secondary N) is 1. The van der Waals surface area contributed by atoms with E-state index in [1.54, 1.807) is 25.1 Å². The van der Waals surface area contributed by atoms with Crippen LogP contribution in [-0.2, 0) is 6.18 Å². The van der Waals surface area contributed by atoms with Crippen molar-refractivity contribution in [1.29, 1.82) is 0 Å². The fourth-order valence-electron chi connectivity index (χ4n) is 4.45. The van der Waals surface area contributed by atoms with Gasteiger partial charge in [0.15, 0.2) is 5.69 Å². The number of hydrogen-bond acceptors (Lipinski definition) is 7. The lowest BCUT2D eigenvalue weighted by Crippen LogP contribution is -2.44. The van der Waals surface area contributed by atoms with E-state index in [-0.39, 0.29) is 46.0 Å². The summed E-state index contributed by atoms with van der Waals surface area (Å²) in [7, 11) is 0. The molecule has 1 aliphatic rings. The maximum absolute atomic E-state index is 13.9. The number of aromatic amines is 1. The number of halogens is 3. The molecule has 178 valence electrons. The van der Waals surface area contributed by atoms with Gasteiger partial charge in [0.05, 0.1) is 5.56 Å². The molecule has 12 heteroatoms. The molecule has 3 N–H and O–H groups in total. The Kier molecular flexibility index (Phi) is 5.39. The van der Waals surface area contributed by atoms with Crippen LogP contribution >= 0.6 is 0 Å². The van der Waals surface area contributed by atoms with Gasteiger partial charge in [-0.25, -0.2) is 0 Å². The first kappa shape index (κ1) is 22.1. The van der Waals surface area contributed by atoms with Crippen LogP contribution in [0.4, 0.5) is 19.2 Å². The summed E-state index contributed by atoms with van der Waals surface area (Å²) in [6.45, 7) is 2.67. The van der Waals surface area contributed by atoms with Crippen molar-refractivity contribution in [3.8, 4) is 22.6 Å². The van der Waals surface area contributed by atoms with Gasteiger partial charge in [-0.1, -0.05) is 35.4 Å². The zero-order chi connectivity index (χ0) is 24.0. The van der Waals surface area contributed by atoms with Gasteiger partial charge in [0.1, 0.15) is 11.2 Å². The zero-order valence-corrected chi connectivity index (χ0v) is 18.3. The first-order valence-electron chi connectivity index (χ1n) is 10.9. The van der Waals surface area contributed by atoms with Crippen LogP contribution < -0.4 is 16.2 Å². The molecule has 1 aromatic carbocycles. The van der Waals surface area contributed by atoms with Gasteiger partial charge in [-0.3, -0.25) is 4.79 Å². The summed E-state index contributed by atoms with van der Waals surface area (Å²) < 4.78 is 48.1. The van der Waals surface area contributed by atoms with Crippen LogP contribution in [0.3, 0.4) is 0 Å². The van der Waals surface area contributed by atoms with Gasteiger partial charge >= 0.3 is 12.2 Å². The zero-order valence-electron chi connectivity index (χ0n) is 18.3. The number of rotatable bonds is 4. The highest BCUT2D eigenvalue weighted by Crippen LogP contribution is 2.38. The predicted octanol–water partition coefficient (Wildman–Crippen LogP) is 3.38. The SMILES string of the molecule is Cc1[nH]c2c(-c3ccccc3)c(C(F)(F)F)nn2c(=O)c1-c1nnc(N2CCCCC2CN)o1. The largest absolute Gasteiger partial charge is 0.435 e. The monoisotopic (exact) mass is 473 g/mol. The molecule has 0 spiro atoms. The van der Waals surface area contributed by atoms with Crippen molar-refractivity contribution in [1.82, 2.24) is 24.8 Å². The number of aryl methyl sites for hydroxylation is 1. The van der Waals surface area contributed by atoms with Crippen molar-refractivity contribution in [2.24, 2.45) is 5.73 Å². The van der Waals surface area contributed by atoms with E-state index in [9.17, 15) is 18.0 Å². The Labute approximate surface area is 191 Å². The van der Waals surface area contributed by atoms with Crippen molar-refractivity contribution in [3.63, 3.8) is 0 Å². The van der Waals surface area contributed by atoms with Crippen LogP contribution in [0, 0.1) is 6.92 Å². The topological polar surface area (TPSA) is 118 Å². The van der Waals surface area contributed by atoms with E-state index >= 15 is 0 Å². The molecular weight excluding hydrogens is 451 g/mol. The highest BCUT2D eigenvalue weighted by atomic mass is 19.4. The molecule has 1 fully saturated rings. The molecule has 5 rings (SSSR count). The van der Waals surface area contributed by atoms with Crippen molar-refractivity contribution in [3.05, 3.63) is 52.1 Å². The standard InChI is InChI=1S/C22H22F3N7O2/c1-12-15(19-28-29-21(34-19)31-10-6-5-9-14(31)11-26)20(33)32-18(27-12)16(13-7-3-2-4-8-13)17(30-32)22(23,24)25/h2-4,7-8,14,27H,5-6,9-11,26H2,1H3. The van der Waals surface area contributed by atoms with Gasteiger partial charge < -0.3 is 20.0 Å². The fraction of sp³-hybridized carbons (Fsp3) is 0.364.